The van der Waals surface area contributed by atoms with E-state index in [4.69, 9.17) is 16.3 Å². The number of ether oxygens (including phenoxy) is 1. The number of halogens is 1. The molecule has 0 radical (unpaired) electrons. The monoisotopic (exact) mass is 340 g/mol. The van der Waals surface area contributed by atoms with Crippen LogP contribution in [0.15, 0.2) is 18.2 Å². The highest BCUT2D eigenvalue weighted by Crippen LogP contribution is 2.22. The molecule has 126 valence electrons. The molecule has 2 amide bonds. The Hall–Kier alpha value is -1.79. The normalized spacial score (nSPS) is 20.7. The quantitative estimate of drug-likeness (QED) is 0.735. The number of benzene rings is 1. The van der Waals surface area contributed by atoms with Crippen LogP contribution < -0.4 is 10.6 Å². The van der Waals surface area contributed by atoms with Gasteiger partial charge in [-0.15, -0.1) is 0 Å². The van der Waals surface area contributed by atoms with Gasteiger partial charge in [-0.05, 0) is 38.0 Å². The number of urea groups is 1. The van der Waals surface area contributed by atoms with E-state index in [9.17, 15) is 14.7 Å². The fourth-order valence-electron chi connectivity index (χ4n) is 2.58. The lowest BCUT2D eigenvalue weighted by atomic mass is 9.93. The van der Waals surface area contributed by atoms with Gasteiger partial charge in [0.05, 0.1) is 29.3 Å². The SMILES string of the molecule is CCOC(=O)c1cc(NC(=O)N[C@H]2CCCC[C@@H]2O)ccc1Cl. The number of aliphatic hydroxyl groups excluding tert-OH is 1. The number of esters is 1. The summed E-state index contributed by atoms with van der Waals surface area (Å²) in [7, 11) is 0. The maximum Gasteiger partial charge on any atom is 0.339 e. The van der Waals surface area contributed by atoms with Gasteiger partial charge in [-0.25, -0.2) is 9.59 Å². The van der Waals surface area contributed by atoms with Crippen molar-refractivity contribution in [3.05, 3.63) is 28.8 Å². The predicted molar refractivity (Wildman–Crippen MR) is 87.8 cm³/mol. The van der Waals surface area contributed by atoms with Crippen LogP contribution in [0.4, 0.5) is 10.5 Å². The molecule has 1 aliphatic rings. The largest absolute Gasteiger partial charge is 0.462 e. The third-order valence-corrected chi connectivity index (χ3v) is 4.10. The topological polar surface area (TPSA) is 87.7 Å². The molecule has 0 heterocycles. The summed E-state index contributed by atoms with van der Waals surface area (Å²) in [6.45, 7) is 1.95. The zero-order valence-corrected chi connectivity index (χ0v) is 13.7. The summed E-state index contributed by atoms with van der Waals surface area (Å²) in [4.78, 5) is 23.8. The van der Waals surface area contributed by atoms with Crippen molar-refractivity contribution in [1.29, 1.82) is 0 Å². The average molecular weight is 341 g/mol. The summed E-state index contributed by atoms with van der Waals surface area (Å²) in [5.41, 5.74) is 0.629. The summed E-state index contributed by atoms with van der Waals surface area (Å²) in [6.07, 6.45) is 2.88. The second kappa shape index (κ2) is 8.17. The molecule has 3 N–H and O–H groups in total. The van der Waals surface area contributed by atoms with Crippen molar-refractivity contribution in [2.75, 3.05) is 11.9 Å². The maximum atomic E-state index is 12.0. The Labute approximate surface area is 140 Å². The molecule has 1 fully saturated rings. The Morgan fingerprint density at radius 1 is 1.35 bits per heavy atom. The molecule has 0 saturated heterocycles. The highest BCUT2D eigenvalue weighted by atomic mass is 35.5. The van der Waals surface area contributed by atoms with Crippen LogP contribution in [0.25, 0.3) is 0 Å². The molecule has 6 nitrogen and oxygen atoms in total. The van der Waals surface area contributed by atoms with E-state index in [1.165, 1.54) is 12.1 Å². The number of hydrogen-bond donors (Lipinski definition) is 3. The van der Waals surface area contributed by atoms with Crippen molar-refractivity contribution in [3.63, 3.8) is 0 Å². The number of carbonyl (C=O) groups excluding carboxylic acids is 2. The van der Waals surface area contributed by atoms with Gasteiger partial charge in [0.1, 0.15) is 0 Å². The Morgan fingerprint density at radius 2 is 2.09 bits per heavy atom. The van der Waals surface area contributed by atoms with E-state index in [1.54, 1.807) is 13.0 Å². The van der Waals surface area contributed by atoms with Gasteiger partial charge in [-0.1, -0.05) is 24.4 Å². The number of rotatable bonds is 4. The summed E-state index contributed by atoms with van der Waals surface area (Å²) in [6, 6.07) is 3.92. The lowest BCUT2D eigenvalue weighted by Crippen LogP contribution is -2.46. The van der Waals surface area contributed by atoms with Crippen LogP contribution in [0, 0.1) is 0 Å². The minimum atomic E-state index is -0.538. The molecular formula is C16H21ClN2O4. The molecule has 7 heteroatoms. The molecule has 0 unspecified atom stereocenters. The van der Waals surface area contributed by atoms with E-state index in [1.807, 2.05) is 0 Å². The van der Waals surface area contributed by atoms with Crippen molar-refractivity contribution in [2.45, 2.75) is 44.8 Å². The van der Waals surface area contributed by atoms with E-state index in [0.29, 0.717) is 12.1 Å². The number of nitrogens with one attached hydrogen (secondary N) is 2. The molecule has 1 aliphatic carbocycles. The first kappa shape index (κ1) is 17.6. The van der Waals surface area contributed by atoms with Crippen LogP contribution in [-0.4, -0.2) is 35.9 Å². The highest BCUT2D eigenvalue weighted by Gasteiger charge is 2.24. The maximum absolute atomic E-state index is 12.0. The minimum absolute atomic E-state index is 0.198. The summed E-state index contributed by atoms with van der Waals surface area (Å²) in [5, 5.41) is 15.5. The summed E-state index contributed by atoms with van der Waals surface area (Å²) < 4.78 is 4.92. The second-order valence-corrected chi connectivity index (χ2v) is 5.88. The first-order valence-electron chi connectivity index (χ1n) is 7.73. The van der Waals surface area contributed by atoms with Crippen LogP contribution in [0.2, 0.25) is 5.02 Å². The fourth-order valence-corrected chi connectivity index (χ4v) is 2.78. The van der Waals surface area contributed by atoms with Gasteiger partial charge in [0.15, 0.2) is 0 Å². The van der Waals surface area contributed by atoms with Gasteiger partial charge >= 0.3 is 12.0 Å². The Bertz CT molecular complexity index is 579. The van der Waals surface area contributed by atoms with Crippen LogP contribution in [0.1, 0.15) is 43.0 Å². The van der Waals surface area contributed by atoms with E-state index >= 15 is 0 Å². The minimum Gasteiger partial charge on any atom is -0.462 e. The number of amides is 2. The number of carbonyl (C=O) groups is 2. The second-order valence-electron chi connectivity index (χ2n) is 5.47. The molecule has 0 bridgehead atoms. The average Bonchev–Trinajstić information content (AvgIpc) is 2.51. The molecule has 0 aliphatic heterocycles. The lowest BCUT2D eigenvalue weighted by molar-refractivity contribution is 0.0526. The molecule has 1 aromatic carbocycles. The van der Waals surface area contributed by atoms with Gasteiger partial charge < -0.3 is 20.5 Å². The third-order valence-electron chi connectivity index (χ3n) is 3.77. The number of hydrogen-bond acceptors (Lipinski definition) is 4. The van der Waals surface area contributed by atoms with E-state index in [0.717, 1.165) is 19.3 Å². The molecule has 2 atom stereocenters. The summed E-state index contributed by atoms with van der Waals surface area (Å²) in [5.74, 6) is -0.538. The molecule has 1 saturated carbocycles. The Morgan fingerprint density at radius 3 is 2.78 bits per heavy atom. The lowest BCUT2D eigenvalue weighted by Gasteiger charge is -2.28. The number of aliphatic hydroxyl groups is 1. The van der Waals surface area contributed by atoms with Crippen molar-refractivity contribution < 1.29 is 19.4 Å². The van der Waals surface area contributed by atoms with Gasteiger partial charge in [0, 0.05) is 5.69 Å². The molecular weight excluding hydrogens is 320 g/mol. The Balaban J connectivity index is 2.00. The van der Waals surface area contributed by atoms with Gasteiger partial charge in [-0.3, -0.25) is 0 Å². The zero-order chi connectivity index (χ0) is 16.8. The standard InChI is InChI=1S/C16H21ClN2O4/c1-2-23-15(21)11-9-10(7-8-12(11)17)18-16(22)19-13-5-3-4-6-14(13)20/h7-9,13-14,20H,2-6H2,1H3,(H2,18,19,22)/t13-,14-/m0/s1. The van der Waals surface area contributed by atoms with Crippen molar-refractivity contribution in [1.82, 2.24) is 5.32 Å². The molecule has 2 rings (SSSR count). The van der Waals surface area contributed by atoms with E-state index in [-0.39, 0.29) is 23.2 Å². The van der Waals surface area contributed by atoms with E-state index in [2.05, 4.69) is 10.6 Å². The fraction of sp³-hybridized carbons (Fsp3) is 0.500. The van der Waals surface area contributed by atoms with Crippen molar-refractivity contribution in [3.8, 4) is 0 Å². The van der Waals surface area contributed by atoms with Crippen molar-refractivity contribution >= 4 is 29.3 Å². The van der Waals surface area contributed by atoms with Crippen LogP contribution in [0.3, 0.4) is 0 Å². The van der Waals surface area contributed by atoms with Crippen LogP contribution in [0.5, 0.6) is 0 Å². The number of anilines is 1. The first-order valence-corrected chi connectivity index (χ1v) is 8.11. The van der Waals surface area contributed by atoms with Crippen LogP contribution >= 0.6 is 11.6 Å². The smallest absolute Gasteiger partial charge is 0.339 e. The van der Waals surface area contributed by atoms with Crippen LogP contribution in [-0.2, 0) is 4.74 Å². The van der Waals surface area contributed by atoms with Gasteiger partial charge in [-0.2, -0.15) is 0 Å². The third kappa shape index (κ3) is 4.84. The highest BCUT2D eigenvalue weighted by molar-refractivity contribution is 6.33. The predicted octanol–water partition coefficient (Wildman–Crippen LogP) is 2.94. The molecule has 0 aromatic heterocycles. The molecule has 0 spiro atoms. The van der Waals surface area contributed by atoms with Gasteiger partial charge in [0.25, 0.3) is 0 Å². The molecule has 23 heavy (non-hydrogen) atoms. The molecule has 1 aromatic rings. The van der Waals surface area contributed by atoms with E-state index < -0.39 is 18.1 Å². The first-order chi connectivity index (χ1) is 11.0. The zero-order valence-electron chi connectivity index (χ0n) is 13.0. The Kier molecular flexibility index (Phi) is 6.24. The van der Waals surface area contributed by atoms with Crippen molar-refractivity contribution in [2.24, 2.45) is 0 Å². The van der Waals surface area contributed by atoms with Gasteiger partial charge in [0.2, 0.25) is 0 Å². The summed E-state index contributed by atoms with van der Waals surface area (Å²) >= 11 is 5.98.